The minimum absolute atomic E-state index is 0.0491. The fourth-order valence-electron chi connectivity index (χ4n) is 1.93. The van der Waals surface area contributed by atoms with E-state index < -0.39 is 61.6 Å². The molecular formula is C11H8ClF3N2O4S. The normalized spacial score (nSPS) is 15.7. The van der Waals surface area contributed by atoms with Crippen LogP contribution >= 0.6 is 11.6 Å². The Morgan fingerprint density at radius 3 is 2.18 bits per heavy atom. The van der Waals surface area contributed by atoms with Crippen LogP contribution in [-0.4, -0.2) is 42.4 Å². The molecule has 0 saturated carbocycles. The number of sulfone groups is 1. The molecule has 0 atom stereocenters. The largest absolute Gasteiger partial charge is 0.282 e. The molecule has 11 heteroatoms. The third-order valence-corrected chi connectivity index (χ3v) is 5.19. The SMILES string of the molecule is O=C1CCC(=O)N1CCS(=O)(=O)c1c(F)c(F)nc(F)c1Cl. The van der Waals surface area contributed by atoms with Gasteiger partial charge in [0.1, 0.15) is 9.92 Å². The van der Waals surface area contributed by atoms with Gasteiger partial charge in [-0.15, -0.1) is 0 Å². The average Bonchev–Trinajstić information content (AvgIpc) is 2.74. The van der Waals surface area contributed by atoms with Crippen LogP contribution in [0.2, 0.25) is 5.02 Å². The molecule has 0 aromatic carbocycles. The van der Waals surface area contributed by atoms with Gasteiger partial charge in [0.2, 0.25) is 17.8 Å². The maximum absolute atomic E-state index is 13.6. The summed E-state index contributed by atoms with van der Waals surface area (Å²) in [4.78, 5) is 24.5. The van der Waals surface area contributed by atoms with E-state index in [2.05, 4.69) is 4.98 Å². The van der Waals surface area contributed by atoms with Gasteiger partial charge in [0.25, 0.3) is 5.95 Å². The van der Waals surface area contributed by atoms with Gasteiger partial charge in [-0.2, -0.15) is 13.8 Å². The van der Waals surface area contributed by atoms with E-state index in [1.807, 2.05) is 0 Å². The molecule has 1 aromatic heterocycles. The number of hydrogen-bond acceptors (Lipinski definition) is 5. The Kier molecular flexibility index (Phi) is 4.43. The van der Waals surface area contributed by atoms with Gasteiger partial charge in [-0.05, 0) is 0 Å². The zero-order chi connectivity index (χ0) is 16.7. The van der Waals surface area contributed by atoms with Crippen molar-refractivity contribution in [2.75, 3.05) is 12.3 Å². The standard InChI is InChI=1S/C11H8ClF3N2O4S/c12-7-9(8(13)11(15)16-10(7)14)22(20,21)4-3-17-5(18)1-2-6(17)19/h1-4H2. The van der Waals surface area contributed by atoms with Crippen molar-refractivity contribution in [2.24, 2.45) is 0 Å². The van der Waals surface area contributed by atoms with Crippen LogP contribution in [0.5, 0.6) is 0 Å². The predicted molar refractivity (Wildman–Crippen MR) is 67.1 cm³/mol. The summed E-state index contributed by atoms with van der Waals surface area (Å²) in [6, 6.07) is 0. The van der Waals surface area contributed by atoms with Crippen LogP contribution in [0.25, 0.3) is 0 Å². The predicted octanol–water partition coefficient (Wildman–Crippen LogP) is 1.08. The van der Waals surface area contributed by atoms with E-state index in [9.17, 15) is 31.2 Å². The van der Waals surface area contributed by atoms with Crippen molar-refractivity contribution in [2.45, 2.75) is 17.7 Å². The van der Waals surface area contributed by atoms with Gasteiger partial charge >= 0.3 is 0 Å². The quantitative estimate of drug-likeness (QED) is 0.595. The molecule has 1 saturated heterocycles. The Morgan fingerprint density at radius 1 is 1.09 bits per heavy atom. The maximum Gasteiger partial charge on any atom is 0.253 e. The van der Waals surface area contributed by atoms with Crippen LogP contribution in [-0.2, 0) is 19.4 Å². The van der Waals surface area contributed by atoms with Crippen molar-refractivity contribution in [3.8, 4) is 0 Å². The molecule has 120 valence electrons. The number of nitrogens with zero attached hydrogens (tertiary/aromatic N) is 2. The number of amides is 2. The molecule has 22 heavy (non-hydrogen) atoms. The summed E-state index contributed by atoms with van der Waals surface area (Å²) >= 11 is 5.34. The summed E-state index contributed by atoms with van der Waals surface area (Å²) in [5.74, 6) is -7.59. The minimum atomic E-state index is -4.57. The number of carbonyl (C=O) groups is 2. The van der Waals surface area contributed by atoms with Crippen molar-refractivity contribution in [3.05, 3.63) is 22.7 Å². The van der Waals surface area contributed by atoms with Crippen LogP contribution in [0.1, 0.15) is 12.8 Å². The molecule has 0 spiro atoms. The van der Waals surface area contributed by atoms with Crippen molar-refractivity contribution >= 4 is 33.3 Å². The molecule has 6 nitrogen and oxygen atoms in total. The van der Waals surface area contributed by atoms with Crippen LogP contribution < -0.4 is 0 Å². The van der Waals surface area contributed by atoms with E-state index in [0.717, 1.165) is 0 Å². The first-order chi connectivity index (χ1) is 10.1. The summed E-state index contributed by atoms with van der Waals surface area (Å²) in [5, 5.41) is -1.18. The summed E-state index contributed by atoms with van der Waals surface area (Å²) < 4.78 is 63.8. The molecular weight excluding hydrogens is 349 g/mol. The molecule has 1 aliphatic rings. The highest BCUT2D eigenvalue weighted by molar-refractivity contribution is 7.91. The molecule has 1 aromatic rings. The molecule has 1 aliphatic heterocycles. The second kappa shape index (κ2) is 5.84. The second-order valence-corrected chi connectivity index (χ2v) is 6.83. The number of pyridine rings is 1. The Morgan fingerprint density at radius 2 is 1.64 bits per heavy atom. The third kappa shape index (κ3) is 2.93. The summed E-state index contributed by atoms with van der Waals surface area (Å²) in [7, 11) is -4.57. The second-order valence-electron chi connectivity index (χ2n) is 4.41. The van der Waals surface area contributed by atoms with Crippen LogP contribution in [0.15, 0.2) is 4.90 Å². The van der Waals surface area contributed by atoms with Gasteiger partial charge in [-0.3, -0.25) is 14.5 Å². The highest BCUT2D eigenvalue weighted by Crippen LogP contribution is 2.28. The van der Waals surface area contributed by atoms with Crippen molar-refractivity contribution in [1.29, 1.82) is 0 Å². The van der Waals surface area contributed by atoms with E-state index in [0.29, 0.717) is 4.90 Å². The summed E-state index contributed by atoms with van der Waals surface area (Å²) in [5.41, 5.74) is 0. The minimum Gasteiger partial charge on any atom is -0.282 e. The smallest absolute Gasteiger partial charge is 0.253 e. The van der Waals surface area contributed by atoms with Crippen LogP contribution in [0.4, 0.5) is 13.2 Å². The van der Waals surface area contributed by atoms with E-state index >= 15 is 0 Å². The fraction of sp³-hybridized carbons (Fsp3) is 0.364. The van der Waals surface area contributed by atoms with E-state index in [1.54, 1.807) is 0 Å². The van der Waals surface area contributed by atoms with E-state index in [-0.39, 0.29) is 12.8 Å². The average molecular weight is 357 g/mol. The zero-order valence-corrected chi connectivity index (χ0v) is 12.3. The molecule has 2 rings (SSSR count). The topological polar surface area (TPSA) is 84.4 Å². The maximum atomic E-state index is 13.6. The first-order valence-electron chi connectivity index (χ1n) is 5.91. The van der Waals surface area contributed by atoms with Crippen LogP contribution in [0, 0.1) is 17.7 Å². The number of imide groups is 1. The van der Waals surface area contributed by atoms with Gasteiger partial charge < -0.3 is 0 Å². The lowest BCUT2D eigenvalue weighted by Gasteiger charge is -2.14. The molecule has 2 heterocycles. The van der Waals surface area contributed by atoms with Crippen molar-refractivity contribution in [1.82, 2.24) is 9.88 Å². The highest BCUT2D eigenvalue weighted by atomic mass is 35.5. The number of rotatable bonds is 4. The molecule has 0 bridgehead atoms. The van der Waals surface area contributed by atoms with Gasteiger partial charge in [0, 0.05) is 19.4 Å². The van der Waals surface area contributed by atoms with Crippen molar-refractivity contribution in [3.63, 3.8) is 0 Å². The molecule has 0 unspecified atom stereocenters. The van der Waals surface area contributed by atoms with Crippen LogP contribution in [0.3, 0.4) is 0 Å². The number of aromatic nitrogens is 1. The Balaban J connectivity index is 2.32. The molecule has 2 amide bonds. The summed E-state index contributed by atoms with van der Waals surface area (Å²) in [6.45, 7) is -0.554. The lowest BCUT2D eigenvalue weighted by Crippen LogP contribution is -2.34. The van der Waals surface area contributed by atoms with Crippen molar-refractivity contribution < 1.29 is 31.2 Å². The van der Waals surface area contributed by atoms with Gasteiger partial charge in [-0.1, -0.05) is 11.6 Å². The van der Waals surface area contributed by atoms with Gasteiger partial charge in [-0.25, -0.2) is 12.8 Å². The molecule has 1 fully saturated rings. The summed E-state index contributed by atoms with van der Waals surface area (Å²) in [6.07, 6.45) is -0.0982. The Hall–Kier alpha value is -1.68. The first kappa shape index (κ1) is 16.7. The molecule has 0 aliphatic carbocycles. The fourth-order valence-corrected chi connectivity index (χ4v) is 3.75. The van der Waals surface area contributed by atoms with E-state index in [1.165, 1.54) is 0 Å². The number of likely N-dealkylation sites (tertiary alicyclic amines) is 1. The lowest BCUT2D eigenvalue weighted by molar-refractivity contribution is -0.137. The van der Waals surface area contributed by atoms with Gasteiger partial charge in [0.15, 0.2) is 15.7 Å². The Bertz CT molecular complexity index is 727. The Labute approximate surface area is 127 Å². The highest BCUT2D eigenvalue weighted by Gasteiger charge is 2.33. The zero-order valence-electron chi connectivity index (χ0n) is 10.8. The number of hydrogen-bond donors (Lipinski definition) is 0. The monoisotopic (exact) mass is 356 g/mol. The first-order valence-corrected chi connectivity index (χ1v) is 7.94. The molecule has 0 radical (unpaired) electrons. The number of halogens is 4. The van der Waals surface area contributed by atoms with E-state index in [4.69, 9.17) is 11.6 Å². The lowest BCUT2D eigenvalue weighted by atomic mass is 10.4. The van der Waals surface area contributed by atoms with Gasteiger partial charge in [0.05, 0.1) is 5.75 Å². The third-order valence-electron chi connectivity index (χ3n) is 3.01. The number of carbonyl (C=O) groups excluding carboxylic acids is 2. The molecule has 0 N–H and O–H groups in total.